The number of rotatable bonds is 8. The van der Waals surface area contributed by atoms with Crippen molar-refractivity contribution in [2.24, 2.45) is 5.92 Å². The van der Waals surface area contributed by atoms with E-state index in [0.29, 0.717) is 6.42 Å². The van der Waals surface area contributed by atoms with Crippen LogP contribution in [0.3, 0.4) is 0 Å². The summed E-state index contributed by atoms with van der Waals surface area (Å²) in [5.41, 5.74) is 2.09. The molecule has 2 N–H and O–H groups in total. The minimum atomic E-state index is -0.880. The Hall–Kier alpha value is -1.39. The third kappa shape index (κ3) is 6.17. The largest absolute Gasteiger partial charge is 0.481 e. The van der Waals surface area contributed by atoms with E-state index in [1.165, 1.54) is 0 Å². The first kappa shape index (κ1) is 16.7. The molecule has 0 spiro atoms. The zero-order valence-corrected chi connectivity index (χ0v) is 12.4. The average molecular weight is 280 g/mol. The van der Waals surface area contributed by atoms with Gasteiger partial charge in [0, 0.05) is 0 Å². The molecule has 4 nitrogen and oxygen atoms in total. The van der Waals surface area contributed by atoms with Crippen molar-refractivity contribution in [3.05, 3.63) is 35.4 Å². The normalized spacial score (nSPS) is 14.2. The minimum absolute atomic E-state index is 0.0321. The van der Waals surface area contributed by atoms with Gasteiger partial charge in [0.05, 0.1) is 24.7 Å². The molecule has 1 aromatic rings. The molecule has 2 atom stereocenters. The summed E-state index contributed by atoms with van der Waals surface area (Å²) in [6, 6.07) is 7.79. The van der Waals surface area contributed by atoms with Crippen LogP contribution in [0.2, 0.25) is 0 Å². The van der Waals surface area contributed by atoms with Crippen molar-refractivity contribution in [3.63, 3.8) is 0 Å². The molecule has 0 saturated heterocycles. The van der Waals surface area contributed by atoms with Gasteiger partial charge >= 0.3 is 5.97 Å². The number of aliphatic hydroxyl groups is 1. The summed E-state index contributed by atoms with van der Waals surface area (Å²) in [4.78, 5) is 11.3. The summed E-state index contributed by atoms with van der Waals surface area (Å²) < 4.78 is 5.31. The van der Waals surface area contributed by atoms with Crippen LogP contribution < -0.4 is 0 Å². The maximum atomic E-state index is 11.3. The molecule has 0 aromatic heterocycles. The van der Waals surface area contributed by atoms with E-state index in [0.717, 1.165) is 11.1 Å². The molecule has 0 fully saturated rings. The van der Waals surface area contributed by atoms with Gasteiger partial charge in [0.15, 0.2) is 0 Å². The van der Waals surface area contributed by atoms with Gasteiger partial charge in [-0.25, -0.2) is 0 Å². The maximum absolute atomic E-state index is 11.3. The summed E-state index contributed by atoms with van der Waals surface area (Å²) >= 11 is 0. The molecule has 1 aromatic carbocycles. The number of aryl methyl sites for hydroxylation is 1. The smallest absolute Gasteiger partial charge is 0.306 e. The molecule has 0 amide bonds. The maximum Gasteiger partial charge on any atom is 0.306 e. The van der Waals surface area contributed by atoms with Crippen LogP contribution in [0.25, 0.3) is 0 Å². The molecule has 0 aliphatic rings. The van der Waals surface area contributed by atoms with Crippen LogP contribution in [0.4, 0.5) is 0 Å². The van der Waals surface area contributed by atoms with Crippen molar-refractivity contribution in [2.45, 2.75) is 45.8 Å². The molecule has 0 heterocycles. The van der Waals surface area contributed by atoms with Crippen LogP contribution in [-0.2, 0) is 16.0 Å². The van der Waals surface area contributed by atoms with Gasteiger partial charge in [-0.2, -0.15) is 0 Å². The first-order valence-electron chi connectivity index (χ1n) is 6.96. The number of benzene rings is 1. The highest BCUT2D eigenvalue weighted by Gasteiger charge is 2.22. The highest BCUT2D eigenvalue weighted by atomic mass is 16.5. The highest BCUT2D eigenvalue weighted by Crippen LogP contribution is 2.16. The van der Waals surface area contributed by atoms with E-state index in [2.05, 4.69) is 0 Å². The topological polar surface area (TPSA) is 66.8 Å². The summed E-state index contributed by atoms with van der Waals surface area (Å²) in [6.07, 6.45) is -0.0841. The first-order chi connectivity index (χ1) is 9.38. The Balaban J connectivity index is 2.58. The second kappa shape index (κ2) is 8.02. The molecule has 2 unspecified atom stereocenters. The zero-order chi connectivity index (χ0) is 15.1. The standard InChI is InChI=1S/C16H24O4/c1-11(2)20-10-15(17)9-14(16(18)19)8-13-6-4-5-12(3)7-13/h4-7,11,14-15,17H,8-10H2,1-3H3,(H,18,19). The minimum Gasteiger partial charge on any atom is -0.481 e. The van der Waals surface area contributed by atoms with Crippen molar-refractivity contribution < 1.29 is 19.7 Å². The Morgan fingerprint density at radius 3 is 2.60 bits per heavy atom. The Morgan fingerprint density at radius 1 is 1.35 bits per heavy atom. The molecule has 0 aliphatic carbocycles. The fourth-order valence-electron chi connectivity index (χ4n) is 2.10. The van der Waals surface area contributed by atoms with Crippen molar-refractivity contribution in [2.75, 3.05) is 6.61 Å². The van der Waals surface area contributed by atoms with Crippen molar-refractivity contribution >= 4 is 5.97 Å². The predicted octanol–water partition coefficient (Wildman–Crippen LogP) is 2.41. The van der Waals surface area contributed by atoms with Crippen LogP contribution in [0, 0.1) is 12.8 Å². The Morgan fingerprint density at radius 2 is 2.05 bits per heavy atom. The summed E-state index contributed by atoms with van der Waals surface area (Å²) in [5.74, 6) is -1.47. The molecule has 0 bridgehead atoms. The van der Waals surface area contributed by atoms with Gasteiger partial charge in [0.1, 0.15) is 0 Å². The Bertz CT molecular complexity index is 428. The third-order valence-corrected chi connectivity index (χ3v) is 3.09. The average Bonchev–Trinajstić information content (AvgIpc) is 2.35. The number of carboxylic acids is 1. The number of carbonyl (C=O) groups is 1. The van der Waals surface area contributed by atoms with E-state index in [1.807, 2.05) is 45.0 Å². The van der Waals surface area contributed by atoms with Gasteiger partial charge in [-0.05, 0) is 39.2 Å². The monoisotopic (exact) mass is 280 g/mol. The zero-order valence-electron chi connectivity index (χ0n) is 12.4. The fraction of sp³-hybridized carbons (Fsp3) is 0.562. The molecular formula is C16H24O4. The Kier molecular flexibility index (Phi) is 6.68. The number of aliphatic hydroxyl groups excluding tert-OH is 1. The second-order valence-electron chi connectivity index (χ2n) is 5.50. The van der Waals surface area contributed by atoms with Crippen LogP contribution in [0.1, 0.15) is 31.4 Å². The molecule has 0 saturated carbocycles. The molecule has 0 aliphatic heterocycles. The van der Waals surface area contributed by atoms with E-state index in [9.17, 15) is 15.0 Å². The van der Waals surface area contributed by atoms with Crippen LogP contribution >= 0.6 is 0 Å². The SMILES string of the molecule is Cc1cccc(CC(CC(O)COC(C)C)C(=O)O)c1. The second-order valence-corrected chi connectivity index (χ2v) is 5.50. The van der Waals surface area contributed by atoms with Crippen LogP contribution in [0.5, 0.6) is 0 Å². The molecule has 4 heteroatoms. The van der Waals surface area contributed by atoms with Crippen molar-refractivity contribution in [1.29, 1.82) is 0 Å². The third-order valence-electron chi connectivity index (χ3n) is 3.09. The predicted molar refractivity (Wildman–Crippen MR) is 77.7 cm³/mol. The first-order valence-corrected chi connectivity index (χ1v) is 6.96. The Labute approximate surface area is 120 Å². The van der Waals surface area contributed by atoms with Crippen LogP contribution in [-0.4, -0.2) is 35.0 Å². The van der Waals surface area contributed by atoms with Gasteiger partial charge in [0.2, 0.25) is 0 Å². The van der Waals surface area contributed by atoms with Crippen LogP contribution in [0.15, 0.2) is 24.3 Å². The lowest BCUT2D eigenvalue weighted by atomic mass is 9.93. The van der Waals surface area contributed by atoms with Gasteiger partial charge in [0.25, 0.3) is 0 Å². The molecule has 20 heavy (non-hydrogen) atoms. The number of carboxylic acid groups (broad SMARTS) is 1. The lowest BCUT2D eigenvalue weighted by Crippen LogP contribution is -2.26. The number of hydrogen-bond donors (Lipinski definition) is 2. The van der Waals surface area contributed by atoms with Crippen molar-refractivity contribution in [1.82, 2.24) is 0 Å². The lowest BCUT2D eigenvalue weighted by Gasteiger charge is -2.18. The van der Waals surface area contributed by atoms with Gasteiger partial charge in [-0.1, -0.05) is 29.8 Å². The summed E-state index contributed by atoms with van der Waals surface area (Å²) in [6.45, 7) is 5.92. The van der Waals surface area contributed by atoms with E-state index in [4.69, 9.17) is 4.74 Å². The molecular weight excluding hydrogens is 256 g/mol. The number of aliphatic carboxylic acids is 1. The lowest BCUT2D eigenvalue weighted by molar-refractivity contribution is -0.143. The highest BCUT2D eigenvalue weighted by molar-refractivity contribution is 5.70. The van der Waals surface area contributed by atoms with E-state index in [1.54, 1.807) is 0 Å². The number of hydrogen-bond acceptors (Lipinski definition) is 3. The van der Waals surface area contributed by atoms with Gasteiger partial charge < -0.3 is 14.9 Å². The molecule has 0 radical (unpaired) electrons. The summed E-state index contributed by atoms with van der Waals surface area (Å²) in [5, 5.41) is 19.1. The summed E-state index contributed by atoms with van der Waals surface area (Å²) in [7, 11) is 0. The fourth-order valence-corrected chi connectivity index (χ4v) is 2.10. The number of ether oxygens (including phenoxy) is 1. The molecule has 112 valence electrons. The van der Waals surface area contributed by atoms with E-state index >= 15 is 0 Å². The molecule has 1 rings (SSSR count). The van der Waals surface area contributed by atoms with Crippen molar-refractivity contribution in [3.8, 4) is 0 Å². The van der Waals surface area contributed by atoms with E-state index in [-0.39, 0.29) is 19.1 Å². The van der Waals surface area contributed by atoms with E-state index < -0.39 is 18.0 Å². The quantitative estimate of drug-likeness (QED) is 0.767. The van der Waals surface area contributed by atoms with Gasteiger partial charge in [-0.3, -0.25) is 4.79 Å². The van der Waals surface area contributed by atoms with Gasteiger partial charge in [-0.15, -0.1) is 0 Å².